The summed E-state index contributed by atoms with van der Waals surface area (Å²) in [6.45, 7) is 4.56. The Morgan fingerprint density at radius 2 is 1.24 bits per heavy atom. The number of aliphatic imine (C=N–C) groups is 1. The highest BCUT2D eigenvalue weighted by Crippen LogP contribution is 2.42. The zero-order valence-electron chi connectivity index (χ0n) is 27.8. The van der Waals surface area contributed by atoms with Crippen molar-refractivity contribution in [2.24, 2.45) is 4.99 Å². The van der Waals surface area contributed by atoms with Crippen molar-refractivity contribution in [1.82, 2.24) is 9.88 Å². The number of rotatable bonds is 5. The molecule has 0 saturated carbocycles. The normalized spacial score (nSPS) is 16.3. The Balaban J connectivity index is 1.19. The van der Waals surface area contributed by atoms with Crippen molar-refractivity contribution in [1.29, 1.82) is 0 Å². The number of furan rings is 1. The van der Waals surface area contributed by atoms with Crippen molar-refractivity contribution in [2.45, 2.75) is 12.2 Å². The smallest absolute Gasteiger partial charge is 0.159 e. The Morgan fingerprint density at radius 3 is 2.04 bits per heavy atom. The van der Waals surface area contributed by atoms with E-state index in [2.05, 4.69) is 174 Å². The summed E-state index contributed by atoms with van der Waals surface area (Å²) in [5.41, 5.74) is 12.5. The Bertz CT molecular complexity index is 2790. The molecule has 9 aromatic rings. The van der Waals surface area contributed by atoms with Crippen LogP contribution in [-0.4, -0.2) is 10.3 Å². The fourth-order valence-corrected chi connectivity index (χ4v) is 7.91. The van der Waals surface area contributed by atoms with Gasteiger partial charge in [-0.2, -0.15) is 0 Å². The molecule has 242 valence electrons. The Labute approximate surface area is 295 Å². The van der Waals surface area contributed by atoms with Gasteiger partial charge in [0.25, 0.3) is 0 Å². The summed E-state index contributed by atoms with van der Waals surface area (Å²) in [6, 6.07) is 59.6. The molecule has 2 aromatic heterocycles. The summed E-state index contributed by atoms with van der Waals surface area (Å²) in [4.78, 5) is 5.37. The molecule has 0 radical (unpaired) electrons. The van der Waals surface area contributed by atoms with Gasteiger partial charge in [0.1, 0.15) is 11.7 Å². The molecule has 1 N–H and O–H groups in total. The largest absolute Gasteiger partial charge is 0.454 e. The van der Waals surface area contributed by atoms with Crippen molar-refractivity contribution < 1.29 is 4.42 Å². The molecule has 0 aliphatic carbocycles. The number of hydrogen-bond acceptors (Lipinski definition) is 3. The van der Waals surface area contributed by atoms with Crippen LogP contribution in [0.2, 0.25) is 0 Å². The number of benzene rings is 7. The van der Waals surface area contributed by atoms with Crippen molar-refractivity contribution in [3.05, 3.63) is 199 Å². The number of nitrogens with one attached hydrogen (secondary N) is 1. The number of hydrogen-bond donors (Lipinski definition) is 1. The van der Waals surface area contributed by atoms with Gasteiger partial charge in [0.05, 0.1) is 28.5 Å². The first-order valence-electron chi connectivity index (χ1n) is 17.4. The maximum atomic E-state index is 6.88. The van der Waals surface area contributed by atoms with Crippen LogP contribution in [0.1, 0.15) is 28.9 Å². The molecule has 0 bridgehead atoms. The third-order valence-corrected chi connectivity index (χ3v) is 10.3. The average molecular weight is 656 g/mol. The van der Waals surface area contributed by atoms with Gasteiger partial charge in [-0.25, -0.2) is 0 Å². The van der Waals surface area contributed by atoms with E-state index >= 15 is 0 Å². The van der Waals surface area contributed by atoms with E-state index < -0.39 is 0 Å². The van der Waals surface area contributed by atoms with Crippen LogP contribution in [0, 0.1) is 0 Å². The van der Waals surface area contributed by atoms with Crippen molar-refractivity contribution in [3.8, 4) is 16.8 Å². The lowest BCUT2D eigenvalue weighted by Gasteiger charge is -2.32. The third-order valence-electron chi connectivity index (χ3n) is 10.3. The van der Waals surface area contributed by atoms with Gasteiger partial charge in [-0.1, -0.05) is 152 Å². The fourth-order valence-electron chi connectivity index (χ4n) is 7.91. The highest BCUT2D eigenvalue weighted by molar-refractivity contribution is 6.15. The molecule has 0 spiro atoms. The second-order valence-corrected chi connectivity index (χ2v) is 13.2. The monoisotopic (exact) mass is 655 g/mol. The van der Waals surface area contributed by atoms with E-state index in [4.69, 9.17) is 9.41 Å². The summed E-state index contributed by atoms with van der Waals surface area (Å²) < 4.78 is 9.24. The molecule has 0 amide bonds. The van der Waals surface area contributed by atoms with Crippen LogP contribution >= 0.6 is 0 Å². The summed E-state index contributed by atoms with van der Waals surface area (Å²) in [5, 5.41) is 8.40. The summed E-state index contributed by atoms with van der Waals surface area (Å²) >= 11 is 0. The number of para-hydroxylation sites is 2. The molecule has 2 atom stereocenters. The predicted molar refractivity (Wildman–Crippen MR) is 211 cm³/mol. The molecule has 10 rings (SSSR count). The van der Waals surface area contributed by atoms with Crippen LogP contribution in [-0.2, 0) is 0 Å². The average Bonchev–Trinajstić information content (AvgIpc) is 3.75. The maximum Gasteiger partial charge on any atom is 0.159 e. The van der Waals surface area contributed by atoms with E-state index in [1.165, 1.54) is 21.9 Å². The second-order valence-electron chi connectivity index (χ2n) is 13.2. The molecule has 1 aliphatic heterocycles. The zero-order valence-corrected chi connectivity index (χ0v) is 27.8. The molecule has 4 heteroatoms. The first-order chi connectivity index (χ1) is 25.2. The molecule has 0 saturated heterocycles. The number of aromatic nitrogens is 1. The second kappa shape index (κ2) is 11.8. The quantitative estimate of drug-likeness (QED) is 0.200. The summed E-state index contributed by atoms with van der Waals surface area (Å²) in [7, 11) is 0. The third kappa shape index (κ3) is 4.76. The van der Waals surface area contributed by atoms with Crippen molar-refractivity contribution in [2.75, 3.05) is 0 Å². The van der Waals surface area contributed by atoms with Gasteiger partial charge in [0.15, 0.2) is 5.58 Å². The molecular formula is C47H33N3O. The van der Waals surface area contributed by atoms with Crippen molar-refractivity contribution >= 4 is 49.5 Å². The molecule has 51 heavy (non-hydrogen) atoms. The standard InChI is InChI=1S/C47H33N3O/c1-30-44(32-17-7-3-8-18-32)48-47(49-45(30)33-19-9-4-10-20-33)38-23-14-26-42-43(38)37-22-13-25-40(46(37)51-42)50-39-24-12-11-21-35(39)36-28-27-34(29-41(36)50)31-15-5-2-6-16-31/h2-29,44,47-48H,1H2. The topological polar surface area (TPSA) is 42.5 Å². The zero-order chi connectivity index (χ0) is 33.9. The minimum atomic E-state index is -0.328. The Morgan fingerprint density at radius 1 is 0.569 bits per heavy atom. The molecule has 3 heterocycles. The lowest BCUT2D eigenvalue weighted by Crippen LogP contribution is -2.34. The molecule has 4 nitrogen and oxygen atoms in total. The highest BCUT2D eigenvalue weighted by Gasteiger charge is 2.31. The van der Waals surface area contributed by atoms with Gasteiger partial charge >= 0.3 is 0 Å². The van der Waals surface area contributed by atoms with Crippen LogP contribution in [0.15, 0.2) is 191 Å². The van der Waals surface area contributed by atoms with E-state index in [9.17, 15) is 0 Å². The van der Waals surface area contributed by atoms with Gasteiger partial charge in [-0.05, 0) is 46.5 Å². The van der Waals surface area contributed by atoms with Gasteiger partial charge in [-0.3, -0.25) is 10.3 Å². The fraction of sp³-hybridized carbons (Fsp3) is 0.0426. The lowest BCUT2D eigenvalue weighted by atomic mass is 9.89. The number of fused-ring (bicyclic) bond motifs is 6. The molecule has 0 fully saturated rings. The molecule has 7 aromatic carbocycles. The molecule has 1 aliphatic rings. The summed E-state index contributed by atoms with van der Waals surface area (Å²) in [6.07, 6.45) is -0.328. The highest BCUT2D eigenvalue weighted by atomic mass is 16.3. The van der Waals surface area contributed by atoms with Crippen LogP contribution in [0.25, 0.3) is 60.6 Å². The van der Waals surface area contributed by atoms with Crippen LogP contribution in [0.4, 0.5) is 0 Å². The minimum Gasteiger partial charge on any atom is -0.454 e. The Hall–Kier alpha value is -6.49. The molecule has 2 unspecified atom stereocenters. The van der Waals surface area contributed by atoms with E-state index in [1.807, 2.05) is 12.1 Å². The van der Waals surface area contributed by atoms with Gasteiger partial charge in [0, 0.05) is 32.7 Å². The van der Waals surface area contributed by atoms with E-state index in [-0.39, 0.29) is 12.2 Å². The maximum absolute atomic E-state index is 6.88. The van der Waals surface area contributed by atoms with E-state index in [1.54, 1.807) is 0 Å². The Kier molecular flexibility index (Phi) is 6.83. The van der Waals surface area contributed by atoms with E-state index in [0.717, 1.165) is 66.6 Å². The van der Waals surface area contributed by atoms with Gasteiger partial charge < -0.3 is 8.98 Å². The SMILES string of the molecule is C=C1C(c2ccccc2)=NC(c2cccc3oc4c(-n5c6ccccc6c6ccc(-c7ccccc7)cc65)cccc4c23)NC1c1ccccc1. The van der Waals surface area contributed by atoms with Crippen LogP contribution in [0.3, 0.4) is 0 Å². The predicted octanol–water partition coefficient (Wildman–Crippen LogP) is 11.7. The number of nitrogens with zero attached hydrogens (tertiary/aromatic N) is 2. The van der Waals surface area contributed by atoms with E-state index in [0.29, 0.717) is 0 Å². The summed E-state index contributed by atoms with van der Waals surface area (Å²) in [5.74, 6) is 0. The lowest BCUT2D eigenvalue weighted by molar-refractivity contribution is 0.490. The molecular weight excluding hydrogens is 623 g/mol. The van der Waals surface area contributed by atoms with Crippen LogP contribution < -0.4 is 5.32 Å². The van der Waals surface area contributed by atoms with Crippen molar-refractivity contribution in [3.63, 3.8) is 0 Å². The first-order valence-corrected chi connectivity index (χ1v) is 17.4. The first kappa shape index (κ1) is 29.4. The van der Waals surface area contributed by atoms with Gasteiger partial charge in [0.2, 0.25) is 0 Å². The van der Waals surface area contributed by atoms with Crippen LogP contribution in [0.5, 0.6) is 0 Å². The minimum absolute atomic E-state index is 0.107. The van der Waals surface area contributed by atoms with Gasteiger partial charge in [-0.15, -0.1) is 0 Å².